The second kappa shape index (κ2) is 7.66. The number of carbonyl (C=O) groups is 2. The summed E-state index contributed by atoms with van der Waals surface area (Å²) in [6, 6.07) is 6.22. The fourth-order valence-corrected chi connectivity index (χ4v) is 3.28. The van der Waals surface area contributed by atoms with Gasteiger partial charge in [0.25, 0.3) is 5.91 Å². The Bertz CT molecular complexity index is 597. The van der Waals surface area contributed by atoms with Crippen molar-refractivity contribution in [1.82, 2.24) is 4.90 Å². The van der Waals surface area contributed by atoms with E-state index in [2.05, 4.69) is 0 Å². The summed E-state index contributed by atoms with van der Waals surface area (Å²) < 4.78 is 11.3. The number of likely N-dealkylation sites (tertiary alicyclic amines) is 1. The standard InChI is InChI=1S/C18H23NO5/c20-17(19-9-2-1-8-16(19)18(21)22)13-5-3-6-14(11-13)24-12-15-7-4-10-23-15/h3,5-6,11,15-16H,1-2,4,7-10,12H2,(H,21,22)/t15-,16-/m0/s1. The highest BCUT2D eigenvalue weighted by Crippen LogP contribution is 2.22. The van der Waals surface area contributed by atoms with Crippen LogP contribution in [0.5, 0.6) is 5.75 Å². The predicted molar refractivity (Wildman–Crippen MR) is 87.2 cm³/mol. The molecule has 1 N–H and O–H groups in total. The SMILES string of the molecule is O=C(O)[C@@H]1CCCCN1C(=O)c1cccc(OC[C@@H]2CCCO2)c1. The van der Waals surface area contributed by atoms with Crippen LogP contribution in [-0.2, 0) is 9.53 Å². The van der Waals surface area contributed by atoms with Crippen LogP contribution in [0.1, 0.15) is 42.5 Å². The Morgan fingerprint density at radius 2 is 2.12 bits per heavy atom. The molecule has 2 aliphatic rings. The summed E-state index contributed by atoms with van der Waals surface area (Å²) in [5, 5.41) is 9.33. The number of hydrogen-bond donors (Lipinski definition) is 1. The molecule has 6 heteroatoms. The molecule has 1 aromatic rings. The van der Waals surface area contributed by atoms with Crippen molar-refractivity contribution in [1.29, 1.82) is 0 Å². The Labute approximate surface area is 141 Å². The maximum Gasteiger partial charge on any atom is 0.326 e. The molecule has 0 aromatic heterocycles. The largest absolute Gasteiger partial charge is 0.491 e. The summed E-state index contributed by atoms with van der Waals surface area (Å²) in [5.41, 5.74) is 0.466. The number of nitrogens with zero attached hydrogens (tertiary/aromatic N) is 1. The van der Waals surface area contributed by atoms with Crippen molar-refractivity contribution in [3.8, 4) is 5.75 Å². The Morgan fingerprint density at radius 1 is 1.25 bits per heavy atom. The van der Waals surface area contributed by atoms with E-state index < -0.39 is 12.0 Å². The van der Waals surface area contributed by atoms with Crippen LogP contribution in [0, 0.1) is 0 Å². The van der Waals surface area contributed by atoms with Gasteiger partial charge in [0, 0.05) is 18.7 Å². The van der Waals surface area contributed by atoms with Crippen LogP contribution >= 0.6 is 0 Å². The number of amides is 1. The van der Waals surface area contributed by atoms with Crippen molar-refractivity contribution < 1.29 is 24.2 Å². The van der Waals surface area contributed by atoms with Gasteiger partial charge in [0.05, 0.1) is 6.10 Å². The number of carbonyl (C=O) groups excluding carboxylic acids is 1. The summed E-state index contributed by atoms with van der Waals surface area (Å²) in [4.78, 5) is 25.6. The normalized spacial score (nSPS) is 23.9. The predicted octanol–water partition coefficient (Wildman–Crippen LogP) is 2.32. The first kappa shape index (κ1) is 16.8. The van der Waals surface area contributed by atoms with Gasteiger partial charge in [-0.1, -0.05) is 6.07 Å². The van der Waals surface area contributed by atoms with Crippen LogP contribution < -0.4 is 4.74 Å². The molecule has 0 aliphatic carbocycles. The lowest BCUT2D eigenvalue weighted by atomic mass is 10.0. The van der Waals surface area contributed by atoms with Crippen LogP contribution in [0.4, 0.5) is 0 Å². The van der Waals surface area contributed by atoms with Crippen LogP contribution in [0.3, 0.4) is 0 Å². The van der Waals surface area contributed by atoms with Gasteiger partial charge in [-0.15, -0.1) is 0 Å². The first-order valence-corrected chi connectivity index (χ1v) is 8.53. The smallest absolute Gasteiger partial charge is 0.326 e. The van der Waals surface area contributed by atoms with Crippen LogP contribution in [0.25, 0.3) is 0 Å². The van der Waals surface area contributed by atoms with Crippen molar-refractivity contribution in [2.24, 2.45) is 0 Å². The highest BCUT2D eigenvalue weighted by atomic mass is 16.5. The molecule has 2 saturated heterocycles. The van der Waals surface area contributed by atoms with E-state index >= 15 is 0 Å². The third-order valence-corrected chi connectivity index (χ3v) is 4.59. The van der Waals surface area contributed by atoms with Gasteiger partial charge in [-0.05, 0) is 50.3 Å². The lowest BCUT2D eigenvalue weighted by molar-refractivity contribution is -0.143. The zero-order chi connectivity index (χ0) is 16.9. The number of carboxylic acids is 1. The molecular weight excluding hydrogens is 310 g/mol. The molecule has 0 bridgehead atoms. The van der Waals surface area contributed by atoms with E-state index in [0.29, 0.717) is 30.9 Å². The number of carboxylic acid groups (broad SMARTS) is 1. The third kappa shape index (κ3) is 3.87. The van der Waals surface area contributed by atoms with Gasteiger partial charge < -0.3 is 19.5 Å². The molecule has 2 aliphatic heterocycles. The lowest BCUT2D eigenvalue weighted by Crippen LogP contribution is -2.47. The molecule has 6 nitrogen and oxygen atoms in total. The maximum absolute atomic E-state index is 12.7. The van der Waals surface area contributed by atoms with E-state index in [9.17, 15) is 14.7 Å². The van der Waals surface area contributed by atoms with Crippen molar-refractivity contribution in [2.45, 2.75) is 44.2 Å². The molecule has 0 spiro atoms. The van der Waals surface area contributed by atoms with Crippen LogP contribution in [0.2, 0.25) is 0 Å². The zero-order valence-corrected chi connectivity index (χ0v) is 13.6. The molecule has 130 valence electrons. The van der Waals surface area contributed by atoms with Gasteiger partial charge in [-0.25, -0.2) is 4.79 Å². The zero-order valence-electron chi connectivity index (χ0n) is 13.6. The Balaban J connectivity index is 1.67. The van der Waals surface area contributed by atoms with Gasteiger partial charge in [0.2, 0.25) is 0 Å². The number of aliphatic carboxylic acids is 1. The molecule has 0 saturated carbocycles. The van der Waals surface area contributed by atoms with Crippen molar-refractivity contribution in [3.05, 3.63) is 29.8 Å². The molecule has 0 unspecified atom stereocenters. The van der Waals surface area contributed by atoms with Crippen LogP contribution in [-0.4, -0.2) is 53.8 Å². The summed E-state index contributed by atoms with van der Waals surface area (Å²) >= 11 is 0. The molecule has 1 amide bonds. The average Bonchev–Trinajstić information content (AvgIpc) is 3.13. The topological polar surface area (TPSA) is 76.1 Å². The van der Waals surface area contributed by atoms with Crippen molar-refractivity contribution in [3.63, 3.8) is 0 Å². The Kier molecular flexibility index (Phi) is 5.35. The maximum atomic E-state index is 12.7. The molecule has 3 rings (SSSR count). The molecule has 2 fully saturated rings. The Hall–Kier alpha value is -2.08. The van der Waals surface area contributed by atoms with E-state index in [1.807, 2.05) is 0 Å². The van der Waals surface area contributed by atoms with E-state index in [-0.39, 0.29) is 12.0 Å². The molecule has 2 heterocycles. The molecule has 1 aromatic carbocycles. The second-order valence-corrected chi connectivity index (χ2v) is 6.32. The first-order valence-electron chi connectivity index (χ1n) is 8.53. The van der Waals surface area contributed by atoms with E-state index in [1.165, 1.54) is 4.90 Å². The lowest BCUT2D eigenvalue weighted by Gasteiger charge is -2.33. The summed E-state index contributed by atoms with van der Waals surface area (Å²) in [6.45, 7) is 1.73. The molecular formula is C18H23NO5. The number of benzene rings is 1. The average molecular weight is 333 g/mol. The highest BCUT2D eigenvalue weighted by molar-refractivity contribution is 5.97. The number of rotatable bonds is 5. The van der Waals surface area contributed by atoms with Crippen molar-refractivity contribution in [2.75, 3.05) is 19.8 Å². The molecule has 0 radical (unpaired) electrons. The minimum Gasteiger partial charge on any atom is -0.491 e. The quantitative estimate of drug-likeness (QED) is 0.895. The van der Waals surface area contributed by atoms with Gasteiger partial charge in [-0.3, -0.25) is 4.79 Å². The molecule has 24 heavy (non-hydrogen) atoms. The summed E-state index contributed by atoms with van der Waals surface area (Å²) in [6.07, 6.45) is 4.35. The van der Waals surface area contributed by atoms with Crippen molar-refractivity contribution >= 4 is 11.9 Å². The van der Waals surface area contributed by atoms with Gasteiger partial charge >= 0.3 is 5.97 Å². The third-order valence-electron chi connectivity index (χ3n) is 4.59. The van der Waals surface area contributed by atoms with E-state index in [0.717, 1.165) is 32.3 Å². The minimum atomic E-state index is -0.936. The fraction of sp³-hybridized carbons (Fsp3) is 0.556. The van der Waals surface area contributed by atoms with Gasteiger partial charge in [0.1, 0.15) is 18.4 Å². The van der Waals surface area contributed by atoms with E-state index in [4.69, 9.17) is 9.47 Å². The number of piperidine rings is 1. The highest BCUT2D eigenvalue weighted by Gasteiger charge is 2.32. The number of ether oxygens (including phenoxy) is 2. The first-order chi connectivity index (χ1) is 11.6. The van der Waals surface area contributed by atoms with Gasteiger partial charge in [0.15, 0.2) is 0 Å². The summed E-state index contributed by atoms with van der Waals surface area (Å²) in [7, 11) is 0. The second-order valence-electron chi connectivity index (χ2n) is 6.32. The van der Waals surface area contributed by atoms with Gasteiger partial charge in [-0.2, -0.15) is 0 Å². The Morgan fingerprint density at radius 3 is 2.88 bits per heavy atom. The monoisotopic (exact) mass is 333 g/mol. The number of hydrogen-bond acceptors (Lipinski definition) is 4. The molecule has 2 atom stereocenters. The fourth-order valence-electron chi connectivity index (χ4n) is 3.28. The van der Waals surface area contributed by atoms with Crippen LogP contribution in [0.15, 0.2) is 24.3 Å². The summed E-state index contributed by atoms with van der Waals surface area (Å²) in [5.74, 6) is -0.571. The minimum absolute atomic E-state index is 0.114. The van der Waals surface area contributed by atoms with E-state index in [1.54, 1.807) is 24.3 Å².